The monoisotopic (exact) mass is 644 g/mol. The first-order chi connectivity index (χ1) is 19.5. The molecule has 18 heteroatoms. The van der Waals surface area contributed by atoms with Gasteiger partial charge in [-0.1, -0.05) is 30.3 Å². The molecule has 0 bridgehead atoms. The van der Waals surface area contributed by atoms with Crippen LogP contribution in [-0.4, -0.2) is 50.9 Å². The third kappa shape index (κ3) is 13.4. The van der Waals surface area contributed by atoms with Crippen molar-refractivity contribution in [1.29, 1.82) is 0 Å². The number of benzene rings is 3. The van der Waals surface area contributed by atoms with E-state index >= 15 is 0 Å². The number of aromatic nitrogens is 2. The van der Waals surface area contributed by atoms with Crippen LogP contribution in [0.2, 0.25) is 5.02 Å². The molecular formula is C24H22ClFN4O10S2. The van der Waals surface area contributed by atoms with Crippen LogP contribution >= 0.6 is 11.6 Å². The Hall–Kier alpha value is -4.23. The topological polar surface area (TPSA) is 225 Å². The highest BCUT2D eigenvalue weighted by molar-refractivity contribution is 7.80. The van der Waals surface area contributed by atoms with Crippen molar-refractivity contribution in [2.45, 2.75) is 6.61 Å². The van der Waals surface area contributed by atoms with Crippen LogP contribution in [0.15, 0.2) is 79.6 Å². The molecule has 6 N–H and O–H groups in total. The van der Waals surface area contributed by atoms with Crippen LogP contribution in [0.25, 0.3) is 10.9 Å². The van der Waals surface area contributed by atoms with Gasteiger partial charge in [-0.3, -0.25) is 23.0 Å². The van der Waals surface area contributed by atoms with Crippen LogP contribution in [-0.2, 0) is 32.2 Å². The van der Waals surface area contributed by atoms with Crippen LogP contribution in [0.1, 0.15) is 5.56 Å². The van der Waals surface area contributed by atoms with Gasteiger partial charge in [-0.15, -0.1) is 0 Å². The SMILES string of the molecule is C=CC(=O)Nc1ccc2ncnc(Nc3ccc(OCc4cccc(F)c4)c(Cl)c3)c2c1.O=S(=O)(O)O.O=S(=O)(O)O. The summed E-state index contributed by atoms with van der Waals surface area (Å²) < 4.78 is 82.2. The number of hydrogen-bond donors (Lipinski definition) is 6. The average molecular weight is 645 g/mol. The second-order valence-corrected chi connectivity index (χ2v) is 9.93. The second kappa shape index (κ2) is 15.1. The quantitative estimate of drug-likeness (QED) is 0.120. The third-order valence-corrected chi connectivity index (χ3v) is 4.86. The summed E-state index contributed by atoms with van der Waals surface area (Å²) in [5, 5.41) is 7.05. The summed E-state index contributed by atoms with van der Waals surface area (Å²) in [4.78, 5) is 20.2. The summed E-state index contributed by atoms with van der Waals surface area (Å²) >= 11 is 6.38. The Kier molecular flexibility index (Phi) is 12.2. The van der Waals surface area contributed by atoms with Gasteiger partial charge >= 0.3 is 20.8 Å². The van der Waals surface area contributed by atoms with E-state index < -0.39 is 20.8 Å². The molecule has 0 aliphatic rings. The first-order valence-electron chi connectivity index (χ1n) is 11.0. The number of fused-ring (bicyclic) bond motifs is 1. The Morgan fingerprint density at radius 1 is 0.952 bits per heavy atom. The zero-order valence-electron chi connectivity index (χ0n) is 21.0. The standard InChI is InChI=1S/C24H18ClFN4O2.2H2O4S/c1-2-23(31)29-17-6-8-21-19(11-17)24(28-14-27-21)30-18-7-9-22(20(25)12-18)32-13-15-4-3-5-16(26)10-15;2*1-5(2,3)4/h2-12,14H,1,13H2,(H,29,31)(H,27,28,30);2*(H2,1,2,3,4). The molecule has 4 rings (SSSR count). The van der Waals surface area contributed by atoms with Crippen LogP contribution in [0.3, 0.4) is 0 Å². The number of rotatable bonds is 7. The predicted octanol–water partition coefficient (Wildman–Crippen LogP) is 4.56. The number of carbonyl (C=O) groups excluding carboxylic acids is 1. The van der Waals surface area contributed by atoms with Crippen molar-refractivity contribution >= 4 is 66.4 Å². The maximum Gasteiger partial charge on any atom is 0.394 e. The molecule has 0 saturated heterocycles. The van der Waals surface area contributed by atoms with Gasteiger partial charge in [-0.25, -0.2) is 14.4 Å². The molecule has 1 aromatic heterocycles. The summed E-state index contributed by atoms with van der Waals surface area (Å²) in [6, 6.07) is 16.7. The third-order valence-electron chi connectivity index (χ3n) is 4.57. The Labute approximate surface area is 244 Å². The van der Waals surface area contributed by atoms with Crippen LogP contribution in [0.5, 0.6) is 5.75 Å². The number of hydrogen-bond acceptors (Lipinski definition) is 9. The Bertz CT molecular complexity index is 1750. The van der Waals surface area contributed by atoms with Crippen LogP contribution in [0, 0.1) is 5.82 Å². The maximum absolute atomic E-state index is 13.3. The molecule has 3 aromatic carbocycles. The van der Waals surface area contributed by atoms with E-state index in [0.29, 0.717) is 39.0 Å². The van der Waals surface area contributed by atoms with Gasteiger partial charge in [0.2, 0.25) is 5.91 Å². The molecular weight excluding hydrogens is 623 g/mol. The average Bonchev–Trinajstić information content (AvgIpc) is 2.86. The highest BCUT2D eigenvalue weighted by Gasteiger charge is 2.09. The zero-order chi connectivity index (χ0) is 31.5. The van der Waals surface area contributed by atoms with E-state index in [1.807, 2.05) is 0 Å². The van der Waals surface area contributed by atoms with Gasteiger partial charge in [0.25, 0.3) is 0 Å². The van der Waals surface area contributed by atoms with Crippen molar-refractivity contribution in [1.82, 2.24) is 9.97 Å². The van der Waals surface area contributed by atoms with Crippen LogP contribution in [0.4, 0.5) is 21.6 Å². The molecule has 224 valence electrons. The van der Waals surface area contributed by atoms with Gasteiger partial charge in [-0.05, 0) is 60.2 Å². The molecule has 42 heavy (non-hydrogen) atoms. The number of amides is 1. The van der Waals surface area contributed by atoms with Gasteiger partial charge in [0.15, 0.2) is 0 Å². The number of nitrogens with one attached hydrogen (secondary N) is 2. The fraction of sp³-hybridized carbons (Fsp3) is 0.0417. The lowest BCUT2D eigenvalue weighted by atomic mass is 10.2. The fourth-order valence-electron chi connectivity index (χ4n) is 3.05. The number of nitrogens with zero attached hydrogens (tertiary/aromatic N) is 2. The molecule has 1 amide bonds. The summed E-state index contributed by atoms with van der Waals surface area (Å²) in [7, 11) is -9.33. The summed E-state index contributed by atoms with van der Waals surface area (Å²) in [5.74, 6) is 0.398. The lowest BCUT2D eigenvalue weighted by Gasteiger charge is -2.12. The highest BCUT2D eigenvalue weighted by Crippen LogP contribution is 2.31. The summed E-state index contributed by atoms with van der Waals surface area (Å²) in [6.07, 6.45) is 2.65. The molecule has 0 saturated carbocycles. The van der Waals surface area contributed by atoms with E-state index in [1.165, 1.54) is 24.5 Å². The predicted molar refractivity (Wildman–Crippen MR) is 152 cm³/mol. The molecule has 0 atom stereocenters. The van der Waals surface area contributed by atoms with E-state index in [2.05, 4.69) is 27.2 Å². The first kappa shape index (κ1) is 34.0. The van der Waals surface area contributed by atoms with E-state index in [0.717, 1.165) is 5.39 Å². The molecule has 4 aromatic rings. The lowest BCUT2D eigenvalue weighted by Crippen LogP contribution is -2.07. The molecule has 0 unspecified atom stereocenters. The van der Waals surface area contributed by atoms with Crippen molar-refractivity contribution in [3.63, 3.8) is 0 Å². The van der Waals surface area contributed by atoms with Gasteiger partial charge in [0, 0.05) is 16.8 Å². The minimum Gasteiger partial charge on any atom is -0.487 e. The van der Waals surface area contributed by atoms with Crippen LogP contribution < -0.4 is 15.4 Å². The van der Waals surface area contributed by atoms with Gasteiger partial charge < -0.3 is 15.4 Å². The summed E-state index contributed by atoms with van der Waals surface area (Å²) in [6.45, 7) is 3.65. The zero-order valence-corrected chi connectivity index (χ0v) is 23.4. The second-order valence-electron chi connectivity index (χ2n) is 7.73. The number of halogens is 2. The highest BCUT2D eigenvalue weighted by atomic mass is 35.5. The molecule has 0 aliphatic carbocycles. The first-order valence-corrected chi connectivity index (χ1v) is 14.2. The number of anilines is 3. The number of ether oxygens (including phenoxy) is 1. The van der Waals surface area contributed by atoms with Gasteiger partial charge in [0.1, 0.15) is 30.3 Å². The van der Waals surface area contributed by atoms with Crippen molar-refractivity contribution in [2.24, 2.45) is 0 Å². The largest absolute Gasteiger partial charge is 0.487 e. The lowest BCUT2D eigenvalue weighted by molar-refractivity contribution is -0.111. The normalized spacial score (nSPS) is 10.8. The molecule has 14 nitrogen and oxygen atoms in total. The Morgan fingerprint density at radius 3 is 2.19 bits per heavy atom. The fourth-order valence-corrected chi connectivity index (χ4v) is 3.28. The minimum absolute atomic E-state index is 0.194. The van der Waals surface area contributed by atoms with Gasteiger partial charge in [0.05, 0.1) is 10.5 Å². The van der Waals surface area contributed by atoms with Crippen molar-refractivity contribution < 1.29 is 49.0 Å². The molecule has 0 fully saturated rings. The van der Waals surface area contributed by atoms with Crippen molar-refractivity contribution in [3.05, 3.63) is 96.0 Å². The molecule has 0 spiro atoms. The van der Waals surface area contributed by atoms with E-state index in [-0.39, 0.29) is 18.3 Å². The molecule has 1 heterocycles. The van der Waals surface area contributed by atoms with Crippen molar-refractivity contribution in [3.8, 4) is 5.75 Å². The molecule has 0 radical (unpaired) electrons. The van der Waals surface area contributed by atoms with Gasteiger partial charge in [-0.2, -0.15) is 16.8 Å². The number of carbonyl (C=O) groups is 1. The molecule has 0 aliphatic heterocycles. The van der Waals surface area contributed by atoms with E-state index in [9.17, 15) is 9.18 Å². The summed E-state index contributed by atoms with van der Waals surface area (Å²) in [5.41, 5.74) is 2.70. The smallest absolute Gasteiger partial charge is 0.394 e. The maximum atomic E-state index is 13.3. The van der Waals surface area contributed by atoms with E-state index in [4.69, 9.17) is 51.4 Å². The Balaban J connectivity index is 0.000000533. The van der Waals surface area contributed by atoms with Crippen molar-refractivity contribution in [2.75, 3.05) is 10.6 Å². The Morgan fingerprint density at radius 2 is 1.60 bits per heavy atom. The van der Waals surface area contributed by atoms with E-state index in [1.54, 1.807) is 48.5 Å². The minimum atomic E-state index is -4.67.